The molecule has 0 radical (unpaired) electrons. The summed E-state index contributed by atoms with van der Waals surface area (Å²) in [4.78, 5) is 2.69. The van der Waals surface area contributed by atoms with Crippen molar-refractivity contribution in [2.24, 2.45) is 10.8 Å². The molecule has 4 heteroatoms. The first-order valence-electron chi connectivity index (χ1n) is 3.64. The number of nitrogens with zero attached hydrogens (tertiary/aromatic N) is 3. The molecule has 1 atom stereocenters. The highest BCUT2D eigenvalue weighted by molar-refractivity contribution is 5.40. The Bertz CT molecular complexity index is 313. The Labute approximate surface area is 70.6 Å². The van der Waals surface area contributed by atoms with Crippen LogP contribution in [0.1, 0.15) is 18.5 Å². The average Bonchev–Trinajstić information content (AvgIpc) is 2.05. The number of benzene rings is 1. The van der Waals surface area contributed by atoms with E-state index in [2.05, 4.69) is 10.0 Å². The minimum Gasteiger partial charge on any atom is -0.324 e. The molecule has 1 rings (SSSR count). The van der Waals surface area contributed by atoms with Crippen molar-refractivity contribution in [2.45, 2.75) is 13.0 Å². The minimum absolute atomic E-state index is 0.0288. The smallest absolute Gasteiger partial charge is 0.0378 e. The summed E-state index contributed by atoms with van der Waals surface area (Å²) >= 11 is 0. The number of hydrogen-bond acceptors (Lipinski definition) is 2. The molecular formula is C8H10N4. The molecule has 1 aromatic carbocycles. The first kappa shape index (κ1) is 8.59. The molecule has 0 amide bonds. The van der Waals surface area contributed by atoms with Crippen LogP contribution >= 0.6 is 0 Å². The van der Waals surface area contributed by atoms with Crippen LogP contribution < -0.4 is 5.73 Å². The molecule has 0 aliphatic carbocycles. The van der Waals surface area contributed by atoms with Crippen LogP contribution in [0.15, 0.2) is 29.4 Å². The van der Waals surface area contributed by atoms with E-state index in [4.69, 9.17) is 11.3 Å². The van der Waals surface area contributed by atoms with Gasteiger partial charge in [-0.25, -0.2) is 0 Å². The van der Waals surface area contributed by atoms with Crippen molar-refractivity contribution in [3.05, 3.63) is 40.3 Å². The Morgan fingerprint density at radius 2 is 2.33 bits per heavy atom. The quantitative estimate of drug-likeness (QED) is 0.405. The van der Waals surface area contributed by atoms with Crippen LogP contribution in [0.3, 0.4) is 0 Å². The highest BCUT2D eigenvalue weighted by Crippen LogP contribution is 2.17. The van der Waals surface area contributed by atoms with Crippen LogP contribution in [0, 0.1) is 0 Å². The van der Waals surface area contributed by atoms with E-state index in [1.807, 2.05) is 19.1 Å². The van der Waals surface area contributed by atoms with Gasteiger partial charge in [0.25, 0.3) is 0 Å². The molecule has 62 valence electrons. The Morgan fingerprint density at radius 3 is 2.92 bits per heavy atom. The molecule has 0 fully saturated rings. The molecule has 4 nitrogen and oxygen atoms in total. The molecule has 0 saturated carbocycles. The van der Waals surface area contributed by atoms with Crippen LogP contribution in [0.2, 0.25) is 0 Å². The van der Waals surface area contributed by atoms with Crippen LogP contribution in [0.5, 0.6) is 0 Å². The van der Waals surface area contributed by atoms with Gasteiger partial charge in [0.05, 0.1) is 0 Å². The second-order valence-electron chi connectivity index (χ2n) is 2.57. The fourth-order valence-electron chi connectivity index (χ4n) is 0.922. The van der Waals surface area contributed by atoms with Gasteiger partial charge in [0.15, 0.2) is 0 Å². The summed E-state index contributed by atoms with van der Waals surface area (Å²) in [6, 6.07) is 7.22. The molecular weight excluding hydrogens is 152 g/mol. The van der Waals surface area contributed by atoms with Gasteiger partial charge in [0.1, 0.15) is 0 Å². The van der Waals surface area contributed by atoms with E-state index in [1.165, 1.54) is 0 Å². The van der Waals surface area contributed by atoms with Gasteiger partial charge in [-0.3, -0.25) is 0 Å². The van der Waals surface area contributed by atoms with Crippen LogP contribution in [-0.4, -0.2) is 0 Å². The van der Waals surface area contributed by atoms with Gasteiger partial charge < -0.3 is 5.73 Å². The molecule has 0 unspecified atom stereocenters. The lowest BCUT2D eigenvalue weighted by atomic mass is 10.1. The minimum atomic E-state index is -0.0288. The highest BCUT2D eigenvalue weighted by atomic mass is 15.1. The van der Waals surface area contributed by atoms with Crippen LogP contribution in [-0.2, 0) is 0 Å². The number of azide groups is 1. The molecule has 2 N–H and O–H groups in total. The molecule has 0 saturated heterocycles. The second-order valence-corrected chi connectivity index (χ2v) is 2.57. The lowest BCUT2D eigenvalue weighted by Crippen LogP contribution is -2.03. The fraction of sp³-hybridized carbons (Fsp3) is 0.250. The molecule has 1 aromatic rings. The number of rotatable bonds is 2. The zero-order chi connectivity index (χ0) is 8.97. The van der Waals surface area contributed by atoms with E-state index in [0.29, 0.717) is 5.69 Å². The summed E-state index contributed by atoms with van der Waals surface area (Å²) in [5.41, 5.74) is 15.4. The van der Waals surface area contributed by atoms with Crippen molar-refractivity contribution in [1.82, 2.24) is 0 Å². The van der Waals surface area contributed by atoms with Gasteiger partial charge in [-0.15, -0.1) is 0 Å². The third kappa shape index (κ3) is 1.99. The van der Waals surface area contributed by atoms with Gasteiger partial charge in [-0.1, -0.05) is 23.3 Å². The molecule has 0 aromatic heterocycles. The van der Waals surface area contributed by atoms with Gasteiger partial charge in [0.2, 0.25) is 0 Å². The normalized spacial score (nSPS) is 11.8. The number of nitrogens with two attached hydrogens (primary N) is 1. The Kier molecular flexibility index (Phi) is 2.69. The van der Waals surface area contributed by atoms with Crippen molar-refractivity contribution in [1.29, 1.82) is 0 Å². The Morgan fingerprint density at radius 1 is 1.58 bits per heavy atom. The maximum Gasteiger partial charge on any atom is 0.0378 e. The number of hydrogen-bond donors (Lipinski definition) is 1. The first-order chi connectivity index (χ1) is 5.74. The topological polar surface area (TPSA) is 74.8 Å². The van der Waals surface area contributed by atoms with Gasteiger partial charge >= 0.3 is 0 Å². The maximum absolute atomic E-state index is 8.18. The average molecular weight is 162 g/mol. The van der Waals surface area contributed by atoms with Crippen LogP contribution in [0.25, 0.3) is 10.4 Å². The first-order valence-corrected chi connectivity index (χ1v) is 3.64. The van der Waals surface area contributed by atoms with E-state index < -0.39 is 0 Å². The third-order valence-corrected chi connectivity index (χ3v) is 1.56. The lowest BCUT2D eigenvalue weighted by molar-refractivity contribution is 0.818. The van der Waals surface area contributed by atoms with Crippen molar-refractivity contribution in [2.75, 3.05) is 0 Å². The standard InChI is InChI=1S/C8H10N4/c1-6(9)7-3-2-4-8(5-7)11-12-10/h2-6H,9H2,1H3/t6-/m0/s1. The zero-order valence-corrected chi connectivity index (χ0v) is 6.81. The molecule has 0 spiro atoms. The highest BCUT2D eigenvalue weighted by Gasteiger charge is 1.98. The van der Waals surface area contributed by atoms with Crippen molar-refractivity contribution in [3.8, 4) is 0 Å². The molecule has 0 heterocycles. The van der Waals surface area contributed by atoms with Crippen molar-refractivity contribution >= 4 is 5.69 Å². The SMILES string of the molecule is C[C@H](N)c1cccc(N=[N+]=[N-])c1. The zero-order valence-electron chi connectivity index (χ0n) is 6.81. The van der Waals surface area contributed by atoms with Gasteiger partial charge in [0, 0.05) is 16.6 Å². The molecule has 0 aliphatic rings. The van der Waals surface area contributed by atoms with Crippen molar-refractivity contribution in [3.63, 3.8) is 0 Å². The van der Waals surface area contributed by atoms with E-state index >= 15 is 0 Å². The summed E-state index contributed by atoms with van der Waals surface area (Å²) in [6.07, 6.45) is 0. The fourth-order valence-corrected chi connectivity index (χ4v) is 0.922. The van der Waals surface area contributed by atoms with Crippen LogP contribution in [0.4, 0.5) is 5.69 Å². The summed E-state index contributed by atoms with van der Waals surface area (Å²) in [6.45, 7) is 1.88. The molecule has 0 aliphatic heterocycles. The third-order valence-electron chi connectivity index (χ3n) is 1.56. The Balaban J connectivity index is 3.03. The largest absolute Gasteiger partial charge is 0.324 e. The summed E-state index contributed by atoms with van der Waals surface area (Å²) < 4.78 is 0. The second kappa shape index (κ2) is 3.76. The monoisotopic (exact) mass is 162 g/mol. The Hall–Kier alpha value is -1.51. The predicted octanol–water partition coefficient (Wildman–Crippen LogP) is 2.65. The van der Waals surface area contributed by atoms with E-state index in [0.717, 1.165) is 5.56 Å². The molecule has 0 bridgehead atoms. The molecule has 12 heavy (non-hydrogen) atoms. The lowest BCUT2D eigenvalue weighted by Gasteiger charge is -2.04. The maximum atomic E-state index is 8.18. The predicted molar refractivity (Wildman–Crippen MR) is 47.9 cm³/mol. The summed E-state index contributed by atoms with van der Waals surface area (Å²) in [5, 5.41) is 3.47. The summed E-state index contributed by atoms with van der Waals surface area (Å²) in [7, 11) is 0. The summed E-state index contributed by atoms with van der Waals surface area (Å²) in [5.74, 6) is 0. The van der Waals surface area contributed by atoms with Gasteiger partial charge in [-0.05, 0) is 24.1 Å². The van der Waals surface area contributed by atoms with Crippen molar-refractivity contribution < 1.29 is 0 Å². The van der Waals surface area contributed by atoms with E-state index in [1.54, 1.807) is 12.1 Å². The van der Waals surface area contributed by atoms with E-state index in [-0.39, 0.29) is 6.04 Å². The van der Waals surface area contributed by atoms with Gasteiger partial charge in [-0.2, -0.15) is 0 Å². The van der Waals surface area contributed by atoms with E-state index in [9.17, 15) is 0 Å².